The number of carboxylic acid groups (broad SMARTS) is 1. The van der Waals surface area contributed by atoms with Crippen LogP contribution in [0.3, 0.4) is 0 Å². The molecule has 0 aliphatic rings. The molecule has 0 aliphatic carbocycles. The molecule has 5 nitrogen and oxygen atoms in total. The van der Waals surface area contributed by atoms with Gasteiger partial charge >= 0.3 is 5.97 Å². The molecule has 1 aromatic heterocycles. The minimum absolute atomic E-state index is 0.161. The molecule has 2 aromatic rings. The Hall–Kier alpha value is -1.38. The maximum absolute atomic E-state index is 12.2. The Labute approximate surface area is 143 Å². The van der Waals surface area contributed by atoms with Crippen LogP contribution in [0.25, 0.3) is 0 Å². The van der Waals surface area contributed by atoms with Crippen LogP contribution < -0.4 is 5.32 Å². The van der Waals surface area contributed by atoms with Crippen molar-refractivity contribution in [1.29, 1.82) is 0 Å². The van der Waals surface area contributed by atoms with Crippen molar-refractivity contribution in [2.45, 2.75) is 0 Å². The number of nitrogens with one attached hydrogen (secondary N) is 1. The highest BCUT2D eigenvalue weighted by Crippen LogP contribution is 2.27. The van der Waals surface area contributed by atoms with Gasteiger partial charge in [0, 0.05) is 20.5 Å². The predicted molar refractivity (Wildman–Crippen MR) is 88.3 cm³/mol. The first-order chi connectivity index (χ1) is 9.88. The zero-order valence-electron chi connectivity index (χ0n) is 10.2. The van der Waals surface area contributed by atoms with Gasteiger partial charge in [-0.2, -0.15) is 0 Å². The Bertz CT molecular complexity index is 737. The zero-order valence-corrected chi connectivity index (χ0v) is 13.9. The number of halogens is 3. The number of carbonyl (C=O) groups excluding carboxylic acids is 1. The number of hydrogen-bond acceptors (Lipinski definition) is 3. The number of rotatable bonds is 3. The first-order valence-corrected chi connectivity index (χ1v) is 7.37. The van der Waals surface area contributed by atoms with E-state index in [1.165, 1.54) is 30.5 Å². The lowest BCUT2D eigenvalue weighted by Crippen LogP contribution is -2.14. The van der Waals surface area contributed by atoms with Gasteiger partial charge in [0.05, 0.1) is 10.6 Å². The molecule has 0 aliphatic heterocycles. The number of pyridine rings is 1. The Morgan fingerprint density at radius 3 is 2.62 bits per heavy atom. The molecular formula is C13H7Cl2IN2O3. The predicted octanol–water partition coefficient (Wildman–Crippen LogP) is 3.94. The van der Waals surface area contributed by atoms with Gasteiger partial charge in [-0.15, -0.1) is 0 Å². The zero-order chi connectivity index (χ0) is 15.6. The second-order valence-corrected chi connectivity index (χ2v) is 5.86. The summed E-state index contributed by atoms with van der Waals surface area (Å²) in [6.07, 6.45) is 1.30. The van der Waals surface area contributed by atoms with Crippen LogP contribution in [0.15, 0.2) is 30.5 Å². The Kier molecular flexibility index (Phi) is 5.02. The van der Waals surface area contributed by atoms with Crippen molar-refractivity contribution in [3.63, 3.8) is 0 Å². The molecule has 2 N–H and O–H groups in total. The van der Waals surface area contributed by atoms with E-state index < -0.39 is 11.9 Å². The summed E-state index contributed by atoms with van der Waals surface area (Å²) in [5.41, 5.74) is 0.465. The number of hydrogen-bond donors (Lipinski definition) is 2. The number of amides is 1. The quantitative estimate of drug-likeness (QED) is 0.564. The highest BCUT2D eigenvalue weighted by Gasteiger charge is 2.15. The molecule has 0 radical (unpaired) electrons. The first kappa shape index (κ1) is 16.0. The summed E-state index contributed by atoms with van der Waals surface area (Å²) in [5.74, 6) is -1.61. The number of benzene rings is 1. The summed E-state index contributed by atoms with van der Waals surface area (Å²) in [5, 5.41) is 12.2. The van der Waals surface area contributed by atoms with Crippen LogP contribution in [-0.4, -0.2) is 22.0 Å². The van der Waals surface area contributed by atoms with Gasteiger partial charge in [0.15, 0.2) is 0 Å². The molecular weight excluding hydrogens is 430 g/mol. The molecule has 8 heteroatoms. The normalized spacial score (nSPS) is 10.2. The van der Waals surface area contributed by atoms with E-state index in [4.69, 9.17) is 28.3 Å². The fourth-order valence-electron chi connectivity index (χ4n) is 1.54. The van der Waals surface area contributed by atoms with Crippen molar-refractivity contribution in [1.82, 2.24) is 4.98 Å². The summed E-state index contributed by atoms with van der Waals surface area (Å²) >= 11 is 13.8. The lowest BCUT2D eigenvalue weighted by Gasteiger charge is -2.09. The molecule has 21 heavy (non-hydrogen) atoms. The van der Waals surface area contributed by atoms with Crippen molar-refractivity contribution in [3.8, 4) is 0 Å². The molecule has 0 saturated heterocycles. The molecule has 0 spiro atoms. The number of carboxylic acids is 1. The van der Waals surface area contributed by atoms with E-state index in [9.17, 15) is 9.59 Å². The van der Waals surface area contributed by atoms with Crippen LogP contribution in [-0.2, 0) is 0 Å². The van der Waals surface area contributed by atoms with Gasteiger partial charge in [0.2, 0.25) is 0 Å². The van der Waals surface area contributed by atoms with E-state index >= 15 is 0 Å². The minimum atomic E-state index is -1.17. The third-order valence-corrected chi connectivity index (χ3v) is 4.47. The van der Waals surface area contributed by atoms with E-state index in [0.29, 0.717) is 24.9 Å². The highest BCUT2D eigenvalue weighted by molar-refractivity contribution is 14.1. The monoisotopic (exact) mass is 436 g/mol. The van der Waals surface area contributed by atoms with E-state index in [1.807, 2.05) is 22.6 Å². The van der Waals surface area contributed by atoms with Crippen LogP contribution in [0.1, 0.15) is 20.8 Å². The van der Waals surface area contributed by atoms with E-state index in [2.05, 4.69) is 10.3 Å². The largest absolute Gasteiger partial charge is 0.477 e. The van der Waals surface area contributed by atoms with Gasteiger partial charge in [-0.1, -0.05) is 23.2 Å². The lowest BCUT2D eigenvalue weighted by molar-refractivity contribution is 0.0690. The molecule has 1 amide bonds. The Balaban J connectivity index is 2.30. The van der Waals surface area contributed by atoms with Crippen molar-refractivity contribution in [3.05, 3.63) is 55.3 Å². The standard InChI is InChI=1S/C13H7Cl2IN2O3/c14-6-3-8(11(16)9(15)4-6)12(19)18-7-1-2-17-10(5-7)13(20)21/h1-5H,(H,20,21)(H,17,18,19). The number of carbonyl (C=O) groups is 2. The molecule has 2 rings (SSSR count). The molecule has 1 aromatic carbocycles. The molecule has 0 bridgehead atoms. The summed E-state index contributed by atoms with van der Waals surface area (Å²) in [6.45, 7) is 0. The van der Waals surface area contributed by atoms with E-state index in [-0.39, 0.29) is 5.69 Å². The number of nitrogens with zero attached hydrogens (tertiary/aromatic N) is 1. The maximum atomic E-state index is 12.2. The fourth-order valence-corrected chi connectivity index (χ4v) is 2.59. The minimum Gasteiger partial charge on any atom is -0.477 e. The summed E-state index contributed by atoms with van der Waals surface area (Å²) < 4.78 is 0.559. The maximum Gasteiger partial charge on any atom is 0.354 e. The summed E-state index contributed by atoms with van der Waals surface area (Å²) in [7, 11) is 0. The second-order valence-electron chi connectivity index (χ2n) is 3.94. The molecule has 0 unspecified atom stereocenters. The van der Waals surface area contributed by atoms with Crippen LogP contribution in [0.4, 0.5) is 5.69 Å². The second kappa shape index (κ2) is 6.59. The van der Waals surface area contributed by atoms with Gasteiger partial charge in [-0.25, -0.2) is 9.78 Å². The SMILES string of the molecule is O=C(O)c1cc(NC(=O)c2cc(Cl)cc(Cl)c2I)ccn1. The summed E-state index contributed by atoms with van der Waals surface area (Å²) in [6, 6.07) is 5.78. The van der Waals surface area contributed by atoms with Gasteiger partial charge in [-0.3, -0.25) is 4.79 Å². The fraction of sp³-hybridized carbons (Fsp3) is 0. The molecule has 0 saturated carbocycles. The van der Waals surface area contributed by atoms with Gasteiger partial charge in [-0.05, 0) is 46.9 Å². The van der Waals surface area contributed by atoms with E-state index in [0.717, 1.165) is 0 Å². The van der Waals surface area contributed by atoms with Crippen molar-refractivity contribution < 1.29 is 14.7 Å². The van der Waals surface area contributed by atoms with Crippen molar-refractivity contribution in [2.24, 2.45) is 0 Å². The number of anilines is 1. The van der Waals surface area contributed by atoms with Crippen LogP contribution >= 0.6 is 45.8 Å². The topological polar surface area (TPSA) is 79.3 Å². The summed E-state index contributed by atoms with van der Waals surface area (Å²) in [4.78, 5) is 26.7. The van der Waals surface area contributed by atoms with E-state index in [1.54, 1.807) is 0 Å². The lowest BCUT2D eigenvalue weighted by atomic mass is 10.2. The average Bonchev–Trinajstić information content (AvgIpc) is 2.43. The number of aromatic carboxylic acids is 1. The molecule has 0 atom stereocenters. The Morgan fingerprint density at radius 2 is 1.95 bits per heavy atom. The number of aromatic nitrogens is 1. The molecule has 108 valence electrons. The van der Waals surface area contributed by atoms with Crippen molar-refractivity contribution in [2.75, 3.05) is 5.32 Å². The highest BCUT2D eigenvalue weighted by atomic mass is 127. The molecule has 1 heterocycles. The first-order valence-electron chi connectivity index (χ1n) is 5.53. The van der Waals surface area contributed by atoms with Crippen LogP contribution in [0, 0.1) is 3.57 Å². The van der Waals surface area contributed by atoms with Gasteiger partial charge in [0.25, 0.3) is 5.91 Å². The van der Waals surface area contributed by atoms with Crippen LogP contribution in [0.2, 0.25) is 10.0 Å². The molecule has 0 fully saturated rings. The van der Waals surface area contributed by atoms with Gasteiger partial charge < -0.3 is 10.4 Å². The average molecular weight is 437 g/mol. The third-order valence-electron chi connectivity index (χ3n) is 2.47. The Morgan fingerprint density at radius 1 is 1.24 bits per heavy atom. The van der Waals surface area contributed by atoms with Crippen molar-refractivity contribution >= 4 is 63.4 Å². The third kappa shape index (κ3) is 3.84. The van der Waals surface area contributed by atoms with Crippen LogP contribution in [0.5, 0.6) is 0 Å². The van der Waals surface area contributed by atoms with Gasteiger partial charge in [0.1, 0.15) is 5.69 Å². The smallest absolute Gasteiger partial charge is 0.354 e.